The van der Waals surface area contributed by atoms with Gasteiger partial charge in [0.15, 0.2) is 11.2 Å². The number of ether oxygens (including phenoxy) is 2. The van der Waals surface area contributed by atoms with E-state index in [1.54, 1.807) is 42.3 Å². The first kappa shape index (κ1) is 20.6. The Morgan fingerprint density at radius 3 is 2.58 bits per heavy atom. The van der Waals surface area contributed by atoms with E-state index in [9.17, 15) is 9.59 Å². The number of aryl methyl sites for hydroxylation is 1. The minimum Gasteiger partial charge on any atom is -0.497 e. The molecule has 0 saturated carbocycles. The van der Waals surface area contributed by atoms with Crippen molar-refractivity contribution in [1.82, 2.24) is 18.7 Å². The van der Waals surface area contributed by atoms with Gasteiger partial charge < -0.3 is 14.0 Å². The van der Waals surface area contributed by atoms with Gasteiger partial charge in [0.2, 0.25) is 0 Å². The summed E-state index contributed by atoms with van der Waals surface area (Å²) in [7, 11) is 3.10. The van der Waals surface area contributed by atoms with Crippen LogP contribution in [0.1, 0.15) is 11.1 Å². The molecule has 0 aliphatic rings. The Morgan fingerprint density at radius 1 is 1.03 bits per heavy atom. The maximum atomic E-state index is 13.3. The molecule has 4 rings (SSSR count). The van der Waals surface area contributed by atoms with E-state index in [0.29, 0.717) is 29.1 Å². The zero-order valence-electron chi connectivity index (χ0n) is 17.7. The van der Waals surface area contributed by atoms with Crippen molar-refractivity contribution in [2.45, 2.75) is 20.0 Å². The van der Waals surface area contributed by atoms with Gasteiger partial charge in [-0.15, -0.1) is 0 Å². The van der Waals surface area contributed by atoms with E-state index < -0.39 is 5.69 Å². The largest absolute Gasteiger partial charge is 0.497 e. The predicted octanol–water partition coefficient (Wildman–Crippen LogP) is 2.36. The number of fused-ring (bicyclic) bond motifs is 1. The summed E-state index contributed by atoms with van der Waals surface area (Å²) in [6, 6.07) is 15.1. The highest BCUT2D eigenvalue weighted by atomic mass is 16.5. The lowest BCUT2D eigenvalue weighted by Crippen LogP contribution is -2.41. The highest BCUT2D eigenvalue weighted by Gasteiger charge is 2.19. The molecule has 160 valence electrons. The third-order valence-corrected chi connectivity index (χ3v) is 5.33. The first-order valence-corrected chi connectivity index (χ1v) is 9.93. The highest BCUT2D eigenvalue weighted by molar-refractivity contribution is 5.72. The van der Waals surface area contributed by atoms with Gasteiger partial charge in [0.05, 0.1) is 32.3 Å². The topological polar surface area (TPSA) is 80.3 Å². The maximum absolute atomic E-state index is 13.3. The SMILES string of the molecule is COCCn1c(=O)c2c(ncn2Cc2ccccc2C)n(-c2cccc(OC)c2)c1=O. The second-order valence-corrected chi connectivity index (χ2v) is 7.24. The molecule has 0 spiro atoms. The third-order valence-electron chi connectivity index (χ3n) is 5.33. The second kappa shape index (κ2) is 8.61. The van der Waals surface area contributed by atoms with Crippen molar-refractivity contribution in [3.63, 3.8) is 0 Å². The van der Waals surface area contributed by atoms with Crippen molar-refractivity contribution in [3.05, 3.63) is 86.8 Å². The summed E-state index contributed by atoms with van der Waals surface area (Å²) in [4.78, 5) is 31.1. The fourth-order valence-corrected chi connectivity index (χ4v) is 3.63. The number of rotatable bonds is 7. The van der Waals surface area contributed by atoms with E-state index in [2.05, 4.69) is 4.98 Å². The maximum Gasteiger partial charge on any atom is 0.337 e. The van der Waals surface area contributed by atoms with Crippen LogP contribution in [0.4, 0.5) is 0 Å². The Bertz CT molecular complexity index is 1350. The van der Waals surface area contributed by atoms with Gasteiger partial charge in [-0.05, 0) is 30.2 Å². The molecule has 0 fully saturated rings. The average Bonchev–Trinajstić information content (AvgIpc) is 3.19. The van der Waals surface area contributed by atoms with Crippen LogP contribution in [0.25, 0.3) is 16.9 Å². The van der Waals surface area contributed by atoms with Gasteiger partial charge >= 0.3 is 5.69 Å². The van der Waals surface area contributed by atoms with Gasteiger partial charge in [-0.25, -0.2) is 14.3 Å². The molecule has 0 bridgehead atoms. The average molecular weight is 420 g/mol. The first-order chi connectivity index (χ1) is 15.0. The molecule has 4 aromatic rings. The van der Waals surface area contributed by atoms with E-state index in [0.717, 1.165) is 11.1 Å². The number of hydrogen-bond acceptors (Lipinski definition) is 5. The summed E-state index contributed by atoms with van der Waals surface area (Å²) in [5.74, 6) is 0.603. The number of benzene rings is 2. The van der Waals surface area contributed by atoms with Crippen LogP contribution in [-0.4, -0.2) is 39.5 Å². The van der Waals surface area contributed by atoms with Crippen molar-refractivity contribution in [2.75, 3.05) is 20.8 Å². The monoisotopic (exact) mass is 420 g/mol. The summed E-state index contributed by atoms with van der Waals surface area (Å²) in [6.07, 6.45) is 1.61. The fraction of sp³-hybridized carbons (Fsp3) is 0.261. The molecule has 0 radical (unpaired) electrons. The molecule has 0 saturated heterocycles. The summed E-state index contributed by atoms with van der Waals surface area (Å²) >= 11 is 0. The van der Waals surface area contributed by atoms with Crippen molar-refractivity contribution < 1.29 is 9.47 Å². The third kappa shape index (κ3) is 3.77. The van der Waals surface area contributed by atoms with Crippen LogP contribution < -0.4 is 16.0 Å². The summed E-state index contributed by atoms with van der Waals surface area (Å²) in [6.45, 7) is 2.88. The van der Waals surface area contributed by atoms with Crippen LogP contribution >= 0.6 is 0 Å². The minimum absolute atomic E-state index is 0.142. The predicted molar refractivity (Wildman–Crippen MR) is 118 cm³/mol. The lowest BCUT2D eigenvalue weighted by atomic mass is 10.1. The molecule has 0 N–H and O–H groups in total. The van der Waals surface area contributed by atoms with Gasteiger partial charge in [-0.3, -0.25) is 9.36 Å². The van der Waals surface area contributed by atoms with Gasteiger partial charge in [0.25, 0.3) is 5.56 Å². The highest BCUT2D eigenvalue weighted by Crippen LogP contribution is 2.19. The fourth-order valence-electron chi connectivity index (χ4n) is 3.63. The molecule has 0 aliphatic carbocycles. The Labute approximate surface area is 178 Å². The quantitative estimate of drug-likeness (QED) is 0.459. The van der Waals surface area contributed by atoms with E-state index in [-0.39, 0.29) is 18.7 Å². The summed E-state index contributed by atoms with van der Waals surface area (Å²) in [5.41, 5.74) is 2.58. The standard InChI is InChI=1S/C23H24N4O4/c1-16-7-4-5-8-17(16)14-25-15-24-21-20(25)22(28)26(11-12-30-2)23(29)27(21)18-9-6-10-19(13-18)31-3/h4-10,13,15H,11-12,14H2,1-3H3. The molecular formula is C23H24N4O4. The molecular weight excluding hydrogens is 396 g/mol. The normalized spacial score (nSPS) is 11.2. The molecule has 0 amide bonds. The molecule has 2 aromatic carbocycles. The number of aromatic nitrogens is 4. The zero-order chi connectivity index (χ0) is 22.0. The summed E-state index contributed by atoms with van der Waals surface area (Å²) in [5, 5.41) is 0. The molecule has 0 aliphatic heterocycles. The molecule has 2 aromatic heterocycles. The van der Waals surface area contributed by atoms with Gasteiger partial charge in [-0.2, -0.15) is 0 Å². The van der Waals surface area contributed by atoms with Crippen molar-refractivity contribution in [3.8, 4) is 11.4 Å². The smallest absolute Gasteiger partial charge is 0.337 e. The molecule has 0 atom stereocenters. The van der Waals surface area contributed by atoms with Crippen LogP contribution in [-0.2, 0) is 17.8 Å². The van der Waals surface area contributed by atoms with Crippen LogP contribution in [0.3, 0.4) is 0 Å². The number of imidazole rings is 1. The van der Waals surface area contributed by atoms with E-state index in [4.69, 9.17) is 9.47 Å². The van der Waals surface area contributed by atoms with Crippen LogP contribution in [0, 0.1) is 6.92 Å². The molecule has 8 nitrogen and oxygen atoms in total. The molecule has 31 heavy (non-hydrogen) atoms. The molecule has 2 heterocycles. The van der Waals surface area contributed by atoms with Crippen molar-refractivity contribution >= 4 is 11.2 Å². The van der Waals surface area contributed by atoms with Gasteiger partial charge in [-0.1, -0.05) is 30.3 Å². The van der Waals surface area contributed by atoms with E-state index in [1.807, 2.05) is 31.2 Å². The summed E-state index contributed by atoms with van der Waals surface area (Å²) < 4.78 is 14.9. The van der Waals surface area contributed by atoms with Crippen molar-refractivity contribution in [2.24, 2.45) is 0 Å². The Hall–Kier alpha value is -3.65. The second-order valence-electron chi connectivity index (χ2n) is 7.24. The van der Waals surface area contributed by atoms with E-state index >= 15 is 0 Å². The van der Waals surface area contributed by atoms with Gasteiger partial charge in [0, 0.05) is 19.7 Å². The number of nitrogens with zero attached hydrogens (tertiary/aromatic N) is 4. The minimum atomic E-state index is -0.469. The molecule has 0 unspecified atom stereocenters. The van der Waals surface area contributed by atoms with E-state index in [1.165, 1.54) is 16.2 Å². The van der Waals surface area contributed by atoms with Crippen LogP contribution in [0.5, 0.6) is 5.75 Å². The zero-order valence-corrected chi connectivity index (χ0v) is 17.7. The lowest BCUT2D eigenvalue weighted by Gasteiger charge is -2.13. The lowest BCUT2D eigenvalue weighted by molar-refractivity contribution is 0.184. The molecule has 8 heteroatoms. The Kier molecular flexibility index (Phi) is 5.73. The Balaban J connectivity index is 1.99. The van der Waals surface area contributed by atoms with Crippen LogP contribution in [0.15, 0.2) is 64.4 Å². The van der Waals surface area contributed by atoms with Crippen molar-refractivity contribution in [1.29, 1.82) is 0 Å². The van der Waals surface area contributed by atoms with Crippen LogP contribution in [0.2, 0.25) is 0 Å². The number of methoxy groups -OCH3 is 2. The number of hydrogen-bond donors (Lipinski definition) is 0. The van der Waals surface area contributed by atoms with Gasteiger partial charge in [0.1, 0.15) is 5.75 Å². The first-order valence-electron chi connectivity index (χ1n) is 9.93. The Morgan fingerprint density at radius 2 is 1.84 bits per heavy atom.